The maximum Gasteiger partial charge on any atom is 0.271 e. The summed E-state index contributed by atoms with van der Waals surface area (Å²) in [6, 6.07) is 18.0. The number of benzene rings is 2. The van der Waals surface area contributed by atoms with E-state index >= 15 is 0 Å². The molecule has 2 amide bonds. The summed E-state index contributed by atoms with van der Waals surface area (Å²) in [5.41, 5.74) is 5.16. The average Bonchev–Trinajstić information content (AvgIpc) is 3.21. The van der Waals surface area contributed by atoms with E-state index in [2.05, 4.69) is 31.8 Å². The van der Waals surface area contributed by atoms with Crippen LogP contribution in [0.3, 0.4) is 0 Å². The first-order valence-corrected chi connectivity index (χ1v) is 9.75. The lowest BCUT2D eigenvalue weighted by Crippen LogP contribution is -2.19. The average molecular weight is 442 g/mol. The van der Waals surface area contributed by atoms with Crippen molar-refractivity contribution < 1.29 is 9.59 Å². The molecule has 5 nitrogen and oxygen atoms in total. The predicted octanol–water partition coefficient (Wildman–Crippen LogP) is 4.92. The van der Waals surface area contributed by atoms with E-state index in [9.17, 15) is 9.59 Å². The molecule has 3 aromatic rings. The van der Waals surface area contributed by atoms with Gasteiger partial charge in [-0.2, -0.15) is 5.10 Å². The number of anilines is 1. The van der Waals surface area contributed by atoms with E-state index in [1.165, 1.54) is 11.3 Å². The lowest BCUT2D eigenvalue weighted by atomic mass is 10.1. The zero-order valence-electron chi connectivity index (χ0n) is 14.4. The molecule has 0 aliphatic heterocycles. The number of hydrogen-bond acceptors (Lipinski definition) is 4. The Bertz CT molecular complexity index is 1000. The number of hydrogen-bond donors (Lipinski definition) is 2. The standard InChI is InChI=1S/C20H16BrN3O2S/c1-13(23-24-19(25)15-6-2-7-16(21)11-15)14-5-3-8-17(12-14)22-20(26)18-9-4-10-27-18/h2-12H,1H3,(H,22,26)(H,24,25)/b23-13+. The summed E-state index contributed by atoms with van der Waals surface area (Å²) in [5, 5.41) is 8.88. The minimum atomic E-state index is -0.294. The Kier molecular flexibility index (Phi) is 6.16. The summed E-state index contributed by atoms with van der Waals surface area (Å²) in [5.74, 6) is -0.447. The Balaban J connectivity index is 1.69. The third-order valence-electron chi connectivity index (χ3n) is 3.70. The highest BCUT2D eigenvalue weighted by Gasteiger charge is 2.08. The number of amides is 2. The first-order valence-electron chi connectivity index (χ1n) is 8.08. The van der Waals surface area contributed by atoms with Crippen LogP contribution >= 0.6 is 27.3 Å². The zero-order chi connectivity index (χ0) is 19.2. The highest BCUT2D eigenvalue weighted by Crippen LogP contribution is 2.16. The number of nitrogens with zero attached hydrogens (tertiary/aromatic N) is 1. The highest BCUT2D eigenvalue weighted by atomic mass is 79.9. The maximum atomic E-state index is 12.2. The number of halogens is 1. The molecule has 27 heavy (non-hydrogen) atoms. The number of carbonyl (C=O) groups is 2. The van der Waals surface area contributed by atoms with Crippen LogP contribution in [0.2, 0.25) is 0 Å². The van der Waals surface area contributed by atoms with Gasteiger partial charge in [-0.15, -0.1) is 11.3 Å². The van der Waals surface area contributed by atoms with Crippen molar-refractivity contribution in [3.8, 4) is 0 Å². The summed E-state index contributed by atoms with van der Waals surface area (Å²) < 4.78 is 0.824. The number of rotatable bonds is 5. The van der Waals surface area contributed by atoms with Crippen LogP contribution in [0.25, 0.3) is 0 Å². The molecule has 2 N–H and O–H groups in total. The van der Waals surface area contributed by atoms with Gasteiger partial charge < -0.3 is 5.32 Å². The van der Waals surface area contributed by atoms with Crippen LogP contribution in [-0.2, 0) is 0 Å². The fourth-order valence-corrected chi connectivity index (χ4v) is 3.33. The molecule has 1 heterocycles. The number of nitrogens with one attached hydrogen (secondary N) is 2. The summed E-state index contributed by atoms with van der Waals surface area (Å²) in [6.07, 6.45) is 0. The van der Waals surface area contributed by atoms with Crippen LogP contribution < -0.4 is 10.7 Å². The van der Waals surface area contributed by atoms with Crippen LogP contribution in [0.15, 0.2) is 75.6 Å². The first kappa shape index (κ1) is 19.0. The molecule has 0 aliphatic carbocycles. The predicted molar refractivity (Wildman–Crippen MR) is 113 cm³/mol. The van der Waals surface area contributed by atoms with Gasteiger partial charge in [0, 0.05) is 15.7 Å². The quantitative estimate of drug-likeness (QED) is 0.435. The molecule has 0 fully saturated rings. The molecule has 0 saturated heterocycles. The fraction of sp³-hybridized carbons (Fsp3) is 0.0500. The van der Waals surface area contributed by atoms with Crippen molar-refractivity contribution in [1.82, 2.24) is 5.43 Å². The van der Waals surface area contributed by atoms with E-state index in [0.29, 0.717) is 21.8 Å². The molecule has 0 atom stereocenters. The van der Waals surface area contributed by atoms with Crippen molar-refractivity contribution in [2.24, 2.45) is 5.10 Å². The van der Waals surface area contributed by atoms with Gasteiger partial charge in [-0.3, -0.25) is 9.59 Å². The maximum absolute atomic E-state index is 12.2. The Hall–Kier alpha value is -2.77. The second-order valence-corrected chi connectivity index (χ2v) is 7.52. The monoisotopic (exact) mass is 441 g/mol. The molecule has 0 unspecified atom stereocenters. The van der Waals surface area contributed by atoms with Crippen LogP contribution in [0, 0.1) is 0 Å². The molecule has 0 radical (unpaired) electrons. The molecule has 3 rings (SSSR count). The lowest BCUT2D eigenvalue weighted by molar-refractivity contribution is 0.0954. The normalized spacial score (nSPS) is 11.1. The Labute approximate surface area is 169 Å². The van der Waals surface area contributed by atoms with Crippen LogP contribution in [-0.4, -0.2) is 17.5 Å². The summed E-state index contributed by atoms with van der Waals surface area (Å²) >= 11 is 4.72. The topological polar surface area (TPSA) is 70.6 Å². The van der Waals surface area contributed by atoms with E-state index in [-0.39, 0.29) is 11.8 Å². The SMILES string of the molecule is C/C(=N\NC(=O)c1cccc(Br)c1)c1cccc(NC(=O)c2cccs2)c1. The van der Waals surface area contributed by atoms with Gasteiger partial charge in [0.05, 0.1) is 10.6 Å². The van der Waals surface area contributed by atoms with Crippen molar-refractivity contribution in [3.63, 3.8) is 0 Å². The lowest BCUT2D eigenvalue weighted by Gasteiger charge is -2.07. The summed E-state index contributed by atoms with van der Waals surface area (Å²) in [6.45, 7) is 1.79. The molecular weight excluding hydrogens is 426 g/mol. The van der Waals surface area contributed by atoms with Crippen molar-refractivity contribution in [2.45, 2.75) is 6.92 Å². The van der Waals surface area contributed by atoms with Gasteiger partial charge in [-0.25, -0.2) is 5.43 Å². The molecule has 0 bridgehead atoms. The number of hydrazone groups is 1. The molecule has 2 aromatic carbocycles. The van der Waals surface area contributed by atoms with Crippen molar-refractivity contribution >= 4 is 50.5 Å². The van der Waals surface area contributed by atoms with Gasteiger partial charge in [0.1, 0.15) is 0 Å². The molecule has 136 valence electrons. The second-order valence-electron chi connectivity index (χ2n) is 5.66. The van der Waals surface area contributed by atoms with Gasteiger partial charge in [-0.05, 0) is 54.3 Å². The summed E-state index contributed by atoms with van der Waals surface area (Å²) in [7, 11) is 0. The van der Waals surface area contributed by atoms with Crippen molar-refractivity contribution in [2.75, 3.05) is 5.32 Å². The third kappa shape index (κ3) is 5.12. The van der Waals surface area contributed by atoms with Crippen LogP contribution in [0.4, 0.5) is 5.69 Å². The molecule has 7 heteroatoms. The number of thiophene rings is 1. The van der Waals surface area contributed by atoms with E-state index in [1.54, 1.807) is 31.2 Å². The second kappa shape index (κ2) is 8.75. The third-order valence-corrected chi connectivity index (χ3v) is 5.06. The van der Waals surface area contributed by atoms with Crippen molar-refractivity contribution in [3.05, 3.63) is 86.5 Å². The fourth-order valence-electron chi connectivity index (χ4n) is 2.32. The molecule has 0 aliphatic rings. The molecule has 0 spiro atoms. The van der Waals surface area contributed by atoms with Gasteiger partial charge in [-0.1, -0.05) is 40.2 Å². The van der Waals surface area contributed by atoms with Gasteiger partial charge in [0.15, 0.2) is 0 Å². The van der Waals surface area contributed by atoms with Crippen LogP contribution in [0.5, 0.6) is 0 Å². The Morgan fingerprint density at radius 2 is 1.74 bits per heavy atom. The summed E-state index contributed by atoms with van der Waals surface area (Å²) in [4.78, 5) is 25.0. The molecular formula is C20H16BrN3O2S. The number of carbonyl (C=O) groups excluding carboxylic acids is 2. The van der Waals surface area contributed by atoms with Crippen molar-refractivity contribution in [1.29, 1.82) is 0 Å². The van der Waals surface area contributed by atoms with Gasteiger partial charge in [0.2, 0.25) is 0 Å². The van der Waals surface area contributed by atoms with E-state index in [1.807, 2.05) is 41.8 Å². The van der Waals surface area contributed by atoms with E-state index < -0.39 is 0 Å². The highest BCUT2D eigenvalue weighted by molar-refractivity contribution is 9.10. The first-order chi connectivity index (χ1) is 13.0. The van der Waals surface area contributed by atoms with Gasteiger partial charge >= 0.3 is 0 Å². The largest absolute Gasteiger partial charge is 0.321 e. The smallest absolute Gasteiger partial charge is 0.271 e. The van der Waals surface area contributed by atoms with Crippen LogP contribution in [0.1, 0.15) is 32.5 Å². The zero-order valence-corrected chi connectivity index (χ0v) is 16.8. The Morgan fingerprint density at radius 3 is 2.48 bits per heavy atom. The van der Waals surface area contributed by atoms with E-state index in [0.717, 1.165) is 10.0 Å². The minimum Gasteiger partial charge on any atom is -0.321 e. The molecule has 1 aromatic heterocycles. The Morgan fingerprint density at radius 1 is 0.963 bits per heavy atom. The molecule has 0 saturated carbocycles. The van der Waals surface area contributed by atoms with Gasteiger partial charge in [0.25, 0.3) is 11.8 Å². The minimum absolute atomic E-state index is 0.153. The van der Waals surface area contributed by atoms with E-state index in [4.69, 9.17) is 0 Å².